The lowest BCUT2D eigenvalue weighted by Gasteiger charge is -2.32. The van der Waals surface area contributed by atoms with Crippen LogP contribution in [0.5, 0.6) is 0 Å². The minimum atomic E-state index is 1.09. The van der Waals surface area contributed by atoms with Gasteiger partial charge in [-0.3, -0.25) is 0 Å². The SMILES string of the molecule is CCCCCCCCC1CCCCC1CCCCCC. The molecule has 1 fully saturated rings. The van der Waals surface area contributed by atoms with Gasteiger partial charge in [0.25, 0.3) is 0 Å². The van der Waals surface area contributed by atoms with Crippen molar-refractivity contribution in [2.75, 3.05) is 0 Å². The summed E-state index contributed by atoms with van der Waals surface area (Å²) in [6.45, 7) is 4.63. The summed E-state index contributed by atoms with van der Waals surface area (Å²) in [6, 6.07) is 0. The van der Waals surface area contributed by atoms with Crippen molar-refractivity contribution in [3.63, 3.8) is 0 Å². The lowest BCUT2D eigenvalue weighted by atomic mass is 9.74. The van der Waals surface area contributed by atoms with Crippen molar-refractivity contribution in [3.8, 4) is 0 Å². The van der Waals surface area contributed by atoms with E-state index in [0.29, 0.717) is 0 Å². The van der Waals surface area contributed by atoms with E-state index in [9.17, 15) is 0 Å². The zero-order valence-corrected chi connectivity index (χ0v) is 14.5. The third kappa shape index (κ3) is 8.32. The second-order valence-electron chi connectivity index (χ2n) is 7.21. The zero-order valence-electron chi connectivity index (χ0n) is 14.5. The first kappa shape index (κ1) is 18.1. The Kier molecular flexibility index (Phi) is 11.5. The number of hydrogen-bond donors (Lipinski definition) is 0. The van der Waals surface area contributed by atoms with Gasteiger partial charge in [0.15, 0.2) is 0 Å². The molecule has 1 aliphatic rings. The lowest BCUT2D eigenvalue weighted by Crippen LogP contribution is -2.19. The summed E-state index contributed by atoms with van der Waals surface area (Å²) in [4.78, 5) is 0. The average molecular weight is 281 g/mol. The van der Waals surface area contributed by atoms with Gasteiger partial charge in [-0.1, -0.05) is 117 Å². The molecule has 1 aliphatic carbocycles. The number of hydrogen-bond acceptors (Lipinski definition) is 0. The van der Waals surface area contributed by atoms with Crippen LogP contribution >= 0.6 is 0 Å². The summed E-state index contributed by atoms with van der Waals surface area (Å²) >= 11 is 0. The Balaban J connectivity index is 2.09. The topological polar surface area (TPSA) is 0 Å². The molecule has 0 spiro atoms. The van der Waals surface area contributed by atoms with E-state index in [-0.39, 0.29) is 0 Å². The monoisotopic (exact) mass is 280 g/mol. The van der Waals surface area contributed by atoms with E-state index >= 15 is 0 Å². The maximum absolute atomic E-state index is 2.32. The molecule has 0 aliphatic heterocycles. The minimum absolute atomic E-state index is 1.09. The zero-order chi connectivity index (χ0) is 14.5. The van der Waals surface area contributed by atoms with Gasteiger partial charge in [0.05, 0.1) is 0 Å². The molecule has 0 aromatic rings. The molecule has 0 aromatic heterocycles. The van der Waals surface area contributed by atoms with Crippen molar-refractivity contribution in [2.45, 2.75) is 117 Å². The summed E-state index contributed by atoms with van der Waals surface area (Å²) in [6.07, 6.45) is 23.8. The summed E-state index contributed by atoms with van der Waals surface area (Å²) < 4.78 is 0. The van der Waals surface area contributed by atoms with Crippen LogP contribution in [-0.2, 0) is 0 Å². The van der Waals surface area contributed by atoms with Crippen molar-refractivity contribution >= 4 is 0 Å². The van der Waals surface area contributed by atoms with Gasteiger partial charge in [0.2, 0.25) is 0 Å². The summed E-state index contributed by atoms with van der Waals surface area (Å²) in [5, 5.41) is 0. The van der Waals surface area contributed by atoms with Crippen molar-refractivity contribution < 1.29 is 0 Å². The Bertz CT molecular complexity index is 196. The smallest absolute Gasteiger partial charge is 0.0386 e. The maximum atomic E-state index is 2.32. The second kappa shape index (κ2) is 12.7. The molecule has 20 heavy (non-hydrogen) atoms. The van der Waals surface area contributed by atoms with E-state index in [1.807, 2.05) is 0 Å². The molecule has 1 rings (SSSR count). The predicted molar refractivity (Wildman–Crippen MR) is 92.2 cm³/mol. The quantitative estimate of drug-likeness (QED) is 0.324. The fourth-order valence-electron chi connectivity index (χ4n) is 4.06. The van der Waals surface area contributed by atoms with Gasteiger partial charge in [-0.25, -0.2) is 0 Å². The van der Waals surface area contributed by atoms with Crippen LogP contribution in [0.2, 0.25) is 0 Å². The third-order valence-electron chi connectivity index (χ3n) is 5.42. The van der Waals surface area contributed by atoms with Crippen LogP contribution < -0.4 is 0 Å². The molecule has 0 radical (unpaired) electrons. The highest BCUT2D eigenvalue weighted by Gasteiger charge is 2.23. The highest BCUT2D eigenvalue weighted by molar-refractivity contribution is 4.75. The van der Waals surface area contributed by atoms with Crippen LogP contribution in [0, 0.1) is 11.8 Å². The molecule has 2 unspecified atom stereocenters. The van der Waals surface area contributed by atoms with Crippen LogP contribution in [0.25, 0.3) is 0 Å². The highest BCUT2D eigenvalue weighted by Crippen LogP contribution is 2.36. The van der Waals surface area contributed by atoms with E-state index in [4.69, 9.17) is 0 Å². The fourth-order valence-corrected chi connectivity index (χ4v) is 4.06. The molecule has 1 saturated carbocycles. The number of unbranched alkanes of at least 4 members (excludes halogenated alkanes) is 8. The van der Waals surface area contributed by atoms with Crippen molar-refractivity contribution in [2.24, 2.45) is 11.8 Å². The molecule has 0 heterocycles. The molecular weight excluding hydrogens is 240 g/mol. The lowest BCUT2D eigenvalue weighted by molar-refractivity contribution is 0.202. The standard InChI is InChI=1S/C20H40/c1-3-5-7-9-10-12-16-20-18-14-13-17-19(20)15-11-8-6-4-2/h19-20H,3-18H2,1-2H3. The summed E-state index contributed by atoms with van der Waals surface area (Å²) in [5.41, 5.74) is 0. The highest BCUT2D eigenvalue weighted by atomic mass is 14.3. The Morgan fingerprint density at radius 1 is 0.550 bits per heavy atom. The minimum Gasteiger partial charge on any atom is -0.0654 e. The summed E-state index contributed by atoms with van der Waals surface area (Å²) in [7, 11) is 0. The normalized spacial score (nSPS) is 23.1. The van der Waals surface area contributed by atoms with E-state index in [0.717, 1.165) is 11.8 Å². The van der Waals surface area contributed by atoms with Crippen LogP contribution in [0.3, 0.4) is 0 Å². The molecule has 2 atom stereocenters. The van der Waals surface area contributed by atoms with Crippen LogP contribution in [0.15, 0.2) is 0 Å². The predicted octanol–water partition coefficient (Wildman–Crippen LogP) is 7.51. The van der Waals surface area contributed by atoms with Gasteiger partial charge in [0.1, 0.15) is 0 Å². The first-order valence-electron chi connectivity index (χ1n) is 9.88. The van der Waals surface area contributed by atoms with E-state index in [2.05, 4.69) is 13.8 Å². The molecule has 0 bridgehead atoms. The van der Waals surface area contributed by atoms with Gasteiger partial charge in [-0.2, -0.15) is 0 Å². The molecule has 0 heteroatoms. The van der Waals surface area contributed by atoms with E-state index in [1.54, 1.807) is 25.7 Å². The average Bonchev–Trinajstić information content (AvgIpc) is 2.48. The first-order valence-corrected chi connectivity index (χ1v) is 9.88. The largest absolute Gasteiger partial charge is 0.0654 e. The van der Waals surface area contributed by atoms with Crippen molar-refractivity contribution in [3.05, 3.63) is 0 Å². The molecule has 120 valence electrons. The van der Waals surface area contributed by atoms with Gasteiger partial charge in [-0.05, 0) is 11.8 Å². The van der Waals surface area contributed by atoms with Crippen LogP contribution in [-0.4, -0.2) is 0 Å². The van der Waals surface area contributed by atoms with Crippen molar-refractivity contribution in [1.82, 2.24) is 0 Å². The summed E-state index contributed by atoms with van der Waals surface area (Å²) in [5.74, 6) is 2.19. The molecule has 0 N–H and O–H groups in total. The van der Waals surface area contributed by atoms with Crippen molar-refractivity contribution in [1.29, 1.82) is 0 Å². The van der Waals surface area contributed by atoms with Crippen LogP contribution in [0.4, 0.5) is 0 Å². The Morgan fingerprint density at radius 3 is 1.45 bits per heavy atom. The molecule has 0 aromatic carbocycles. The Hall–Kier alpha value is 0. The first-order chi connectivity index (χ1) is 9.88. The molecule has 0 amide bonds. The van der Waals surface area contributed by atoms with E-state index in [1.165, 1.54) is 77.0 Å². The van der Waals surface area contributed by atoms with Gasteiger partial charge in [-0.15, -0.1) is 0 Å². The van der Waals surface area contributed by atoms with Gasteiger partial charge in [0, 0.05) is 0 Å². The fraction of sp³-hybridized carbons (Fsp3) is 1.00. The Morgan fingerprint density at radius 2 is 0.950 bits per heavy atom. The van der Waals surface area contributed by atoms with E-state index < -0.39 is 0 Å². The molecule has 0 nitrogen and oxygen atoms in total. The van der Waals surface area contributed by atoms with Crippen LogP contribution in [0.1, 0.15) is 117 Å². The third-order valence-corrected chi connectivity index (χ3v) is 5.42. The molecular formula is C20H40. The molecule has 0 saturated heterocycles. The second-order valence-corrected chi connectivity index (χ2v) is 7.21. The number of rotatable bonds is 12. The maximum Gasteiger partial charge on any atom is -0.0386 e. The van der Waals surface area contributed by atoms with Gasteiger partial charge < -0.3 is 0 Å². The van der Waals surface area contributed by atoms with Gasteiger partial charge >= 0.3 is 0 Å². The Labute approximate surface area is 129 Å².